The molecule has 21 heavy (non-hydrogen) atoms. The highest BCUT2D eigenvalue weighted by Gasteiger charge is 2.25. The lowest BCUT2D eigenvalue weighted by molar-refractivity contribution is 0.131. The van der Waals surface area contributed by atoms with Crippen molar-refractivity contribution in [2.45, 2.75) is 52.6 Å². The van der Waals surface area contributed by atoms with Gasteiger partial charge in [-0.15, -0.1) is 0 Å². The molecule has 1 heterocycles. The fourth-order valence-corrected chi connectivity index (χ4v) is 3.29. The number of likely N-dealkylation sites (tertiary alicyclic amines) is 1. The van der Waals surface area contributed by atoms with Gasteiger partial charge in [0.15, 0.2) is 0 Å². The summed E-state index contributed by atoms with van der Waals surface area (Å²) in [6, 6.07) is 11.6. The number of nitrogens with zero attached hydrogens (tertiary/aromatic N) is 1. The van der Waals surface area contributed by atoms with Crippen molar-refractivity contribution in [1.82, 2.24) is 10.2 Å². The third-order valence-electron chi connectivity index (χ3n) is 4.59. The quantitative estimate of drug-likeness (QED) is 0.818. The van der Waals surface area contributed by atoms with Gasteiger partial charge in [0.2, 0.25) is 0 Å². The first kappa shape index (κ1) is 16.5. The van der Waals surface area contributed by atoms with Gasteiger partial charge in [-0.3, -0.25) is 4.90 Å². The van der Waals surface area contributed by atoms with E-state index in [9.17, 15) is 0 Å². The number of nitrogens with one attached hydrogen (secondary N) is 1. The average molecular weight is 288 g/mol. The molecule has 1 N–H and O–H groups in total. The van der Waals surface area contributed by atoms with Gasteiger partial charge in [-0.25, -0.2) is 0 Å². The van der Waals surface area contributed by atoms with Crippen molar-refractivity contribution in [2.24, 2.45) is 11.8 Å². The lowest BCUT2D eigenvalue weighted by atomic mass is 9.91. The molecule has 118 valence electrons. The van der Waals surface area contributed by atoms with Gasteiger partial charge in [0.25, 0.3) is 0 Å². The molecule has 0 amide bonds. The summed E-state index contributed by atoms with van der Waals surface area (Å²) in [7, 11) is 0. The predicted octanol–water partition coefficient (Wildman–Crippen LogP) is 3.92. The molecule has 1 saturated heterocycles. The summed E-state index contributed by atoms with van der Waals surface area (Å²) < 4.78 is 0. The summed E-state index contributed by atoms with van der Waals surface area (Å²) in [5.74, 6) is 1.64. The molecule has 0 aliphatic carbocycles. The Morgan fingerprint density at radius 3 is 2.62 bits per heavy atom. The van der Waals surface area contributed by atoms with Crippen LogP contribution in [0.4, 0.5) is 0 Å². The Bertz CT molecular complexity index is 388. The second-order valence-corrected chi connectivity index (χ2v) is 7.02. The van der Waals surface area contributed by atoms with Crippen LogP contribution in [0.3, 0.4) is 0 Å². The van der Waals surface area contributed by atoms with Crippen LogP contribution in [0.2, 0.25) is 0 Å². The van der Waals surface area contributed by atoms with Gasteiger partial charge in [-0.05, 0) is 36.8 Å². The Labute approximate surface area is 130 Å². The van der Waals surface area contributed by atoms with Gasteiger partial charge in [0, 0.05) is 25.7 Å². The molecule has 0 saturated carbocycles. The molecule has 0 bridgehead atoms. The molecule has 2 unspecified atom stereocenters. The number of piperidine rings is 1. The Morgan fingerprint density at radius 1 is 1.19 bits per heavy atom. The van der Waals surface area contributed by atoms with Crippen LogP contribution < -0.4 is 5.32 Å². The molecular weight excluding hydrogens is 256 g/mol. The van der Waals surface area contributed by atoms with Crippen molar-refractivity contribution in [1.29, 1.82) is 0 Å². The molecule has 2 nitrogen and oxygen atoms in total. The Balaban J connectivity index is 1.86. The van der Waals surface area contributed by atoms with Crippen LogP contribution in [-0.2, 0) is 6.54 Å². The van der Waals surface area contributed by atoms with E-state index in [1.165, 1.54) is 37.9 Å². The first-order valence-corrected chi connectivity index (χ1v) is 8.67. The maximum absolute atomic E-state index is 3.79. The summed E-state index contributed by atoms with van der Waals surface area (Å²) in [6.45, 7) is 11.7. The normalized spacial score (nSPS) is 23.6. The number of hydrogen-bond acceptors (Lipinski definition) is 2. The third kappa shape index (κ3) is 5.80. The van der Waals surface area contributed by atoms with Crippen LogP contribution in [0.25, 0.3) is 0 Å². The zero-order valence-electron chi connectivity index (χ0n) is 14.0. The predicted molar refractivity (Wildman–Crippen MR) is 91.4 cm³/mol. The largest absolute Gasteiger partial charge is 0.313 e. The van der Waals surface area contributed by atoms with Crippen molar-refractivity contribution in [3.8, 4) is 0 Å². The number of benzene rings is 1. The van der Waals surface area contributed by atoms with Gasteiger partial charge in [-0.2, -0.15) is 0 Å². The van der Waals surface area contributed by atoms with E-state index in [4.69, 9.17) is 0 Å². The van der Waals surface area contributed by atoms with Crippen LogP contribution in [0.5, 0.6) is 0 Å². The second kappa shape index (κ2) is 8.55. The summed E-state index contributed by atoms with van der Waals surface area (Å²) in [4.78, 5) is 2.64. The third-order valence-corrected chi connectivity index (χ3v) is 4.59. The molecule has 1 aliphatic heterocycles. The zero-order valence-corrected chi connectivity index (χ0v) is 14.0. The minimum absolute atomic E-state index is 0.672. The first-order valence-electron chi connectivity index (χ1n) is 8.67. The molecule has 0 spiro atoms. The molecule has 0 aromatic heterocycles. The summed E-state index contributed by atoms with van der Waals surface area (Å²) in [5, 5.41) is 3.79. The lowest BCUT2D eigenvalue weighted by Crippen LogP contribution is -2.49. The van der Waals surface area contributed by atoms with Crippen LogP contribution in [-0.4, -0.2) is 30.6 Å². The van der Waals surface area contributed by atoms with E-state index in [0.717, 1.165) is 24.9 Å². The smallest absolute Gasteiger partial charge is 0.0234 e. The number of rotatable bonds is 7. The standard InChI is InChI=1S/C19H32N2/c1-4-17-12-19(20-11-10-16(2)3)15-21(13-17)14-18-8-6-5-7-9-18/h5-9,16-17,19-20H,4,10-15H2,1-3H3. The van der Waals surface area contributed by atoms with Gasteiger partial charge >= 0.3 is 0 Å². The summed E-state index contributed by atoms with van der Waals surface area (Å²) in [6.07, 6.45) is 3.93. The van der Waals surface area contributed by atoms with E-state index in [0.29, 0.717) is 6.04 Å². The molecule has 2 rings (SSSR count). The topological polar surface area (TPSA) is 15.3 Å². The van der Waals surface area contributed by atoms with Crippen molar-refractivity contribution >= 4 is 0 Å². The van der Waals surface area contributed by atoms with Crippen LogP contribution in [0, 0.1) is 11.8 Å². The Hall–Kier alpha value is -0.860. The Kier molecular flexibility index (Phi) is 6.72. The van der Waals surface area contributed by atoms with Crippen LogP contribution in [0.1, 0.15) is 45.6 Å². The molecule has 1 aromatic rings. The molecule has 2 heteroatoms. The zero-order chi connectivity index (χ0) is 15.1. The molecule has 0 radical (unpaired) electrons. The molecule has 1 aromatic carbocycles. The highest BCUT2D eigenvalue weighted by molar-refractivity contribution is 5.14. The summed E-state index contributed by atoms with van der Waals surface area (Å²) in [5.41, 5.74) is 1.44. The number of hydrogen-bond donors (Lipinski definition) is 1. The second-order valence-electron chi connectivity index (χ2n) is 7.02. The molecule has 1 fully saturated rings. The van der Waals surface area contributed by atoms with Crippen molar-refractivity contribution in [3.05, 3.63) is 35.9 Å². The highest BCUT2D eigenvalue weighted by Crippen LogP contribution is 2.21. The first-order chi connectivity index (χ1) is 10.2. The van der Waals surface area contributed by atoms with Gasteiger partial charge in [0.05, 0.1) is 0 Å². The van der Waals surface area contributed by atoms with Crippen molar-refractivity contribution in [3.63, 3.8) is 0 Å². The maximum atomic E-state index is 3.79. The Morgan fingerprint density at radius 2 is 1.95 bits per heavy atom. The lowest BCUT2D eigenvalue weighted by Gasteiger charge is -2.38. The summed E-state index contributed by atoms with van der Waals surface area (Å²) >= 11 is 0. The monoisotopic (exact) mass is 288 g/mol. The van der Waals surface area contributed by atoms with Crippen molar-refractivity contribution in [2.75, 3.05) is 19.6 Å². The van der Waals surface area contributed by atoms with Crippen molar-refractivity contribution < 1.29 is 0 Å². The molecule has 1 aliphatic rings. The van der Waals surface area contributed by atoms with Gasteiger partial charge < -0.3 is 5.32 Å². The minimum Gasteiger partial charge on any atom is -0.313 e. The maximum Gasteiger partial charge on any atom is 0.0234 e. The van der Waals surface area contributed by atoms with Gasteiger partial charge in [0.1, 0.15) is 0 Å². The van der Waals surface area contributed by atoms with E-state index >= 15 is 0 Å². The van der Waals surface area contributed by atoms with E-state index in [-0.39, 0.29) is 0 Å². The molecule has 2 atom stereocenters. The average Bonchev–Trinajstić information content (AvgIpc) is 2.47. The molecular formula is C19H32N2. The van der Waals surface area contributed by atoms with E-state index in [2.05, 4.69) is 61.3 Å². The van der Waals surface area contributed by atoms with Crippen LogP contribution in [0.15, 0.2) is 30.3 Å². The SMILES string of the molecule is CCC1CC(NCCC(C)C)CN(Cc2ccccc2)C1. The fourth-order valence-electron chi connectivity index (χ4n) is 3.29. The van der Waals surface area contributed by atoms with Crippen LogP contribution >= 0.6 is 0 Å². The van der Waals surface area contributed by atoms with E-state index < -0.39 is 0 Å². The van der Waals surface area contributed by atoms with E-state index in [1.807, 2.05) is 0 Å². The minimum atomic E-state index is 0.672. The van der Waals surface area contributed by atoms with Gasteiger partial charge in [-0.1, -0.05) is 57.5 Å². The van der Waals surface area contributed by atoms with E-state index in [1.54, 1.807) is 0 Å². The highest BCUT2D eigenvalue weighted by atomic mass is 15.2. The fraction of sp³-hybridized carbons (Fsp3) is 0.684.